The highest BCUT2D eigenvalue weighted by Gasteiger charge is 2.39. The van der Waals surface area contributed by atoms with Gasteiger partial charge in [0.15, 0.2) is 17.1 Å². The Kier molecular flexibility index (Phi) is 4.67. The molecule has 2 unspecified atom stereocenters. The van der Waals surface area contributed by atoms with Gasteiger partial charge in [0, 0.05) is 5.56 Å². The summed E-state index contributed by atoms with van der Waals surface area (Å²) >= 11 is 0. The van der Waals surface area contributed by atoms with Gasteiger partial charge in [-0.15, -0.1) is 0 Å². The average molecular weight is 464 g/mol. The number of rotatable bonds is 3. The van der Waals surface area contributed by atoms with E-state index in [9.17, 15) is 19.2 Å². The van der Waals surface area contributed by atoms with Gasteiger partial charge in [0.2, 0.25) is 0 Å². The molecular weight excluding hydrogens is 448 g/mol. The van der Waals surface area contributed by atoms with E-state index < -0.39 is 35.1 Å². The van der Waals surface area contributed by atoms with E-state index in [1.807, 2.05) is 0 Å². The van der Waals surface area contributed by atoms with Gasteiger partial charge in [-0.1, -0.05) is 60.7 Å². The number of allylic oxidation sites excluding steroid dienone is 2. The van der Waals surface area contributed by atoms with E-state index in [2.05, 4.69) is 4.98 Å². The number of carbonyl (C=O) groups excluding carboxylic acids is 2. The second kappa shape index (κ2) is 7.88. The fourth-order valence-corrected chi connectivity index (χ4v) is 4.43. The molecule has 2 aromatic heterocycles. The lowest BCUT2D eigenvalue weighted by Crippen LogP contribution is -2.44. The minimum atomic E-state index is -0.825. The normalized spacial score (nSPS) is 18.1. The Morgan fingerprint density at radius 3 is 2.49 bits per heavy atom. The zero-order valence-electron chi connectivity index (χ0n) is 18.1. The van der Waals surface area contributed by atoms with Crippen LogP contribution >= 0.6 is 0 Å². The fourth-order valence-electron chi connectivity index (χ4n) is 4.43. The van der Waals surface area contributed by atoms with Crippen LogP contribution in [0.3, 0.4) is 0 Å². The minimum Gasteiger partial charge on any atom is -0.451 e. The van der Waals surface area contributed by atoms with Crippen LogP contribution in [0.5, 0.6) is 0 Å². The van der Waals surface area contributed by atoms with Crippen LogP contribution in [0.25, 0.3) is 22.4 Å². The number of hydrogen-bond acceptors (Lipinski definition) is 7. The summed E-state index contributed by atoms with van der Waals surface area (Å²) in [6, 6.07) is 15.6. The number of benzene rings is 2. The molecule has 1 aliphatic heterocycles. The van der Waals surface area contributed by atoms with E-state index in [1.54, 1.807) is 78.9 Å². The molecule has 1 aliphatic carbocycles. The Bertz CT molecular complexity index is 1710. The molecule has 0 saturated heterocycles. The van der Waals surface area contributed by atoms with Gasteiger partial charge >= 0.3 is 11.6 Å². The maximum atomic E-state index is 13.8. The molecule has 2 atom stereocenters. The highest BCUT2D eigenvalue weighted by Crippen LogP contribution is 2.31. The number of hydrogen-bond donors (Lipinski definition) is 0. The fraction of sp³-hybridized carbons (Fsp3) is 0.0741. The summed E-state index contributed by atoms with van der Waals surface area (Å²) in [5.74, 6) is -1.29. The number of esters is 1. The summed E-state index contributed by atoms with van der Waals surface area (Å²) in [5, 5.41) is 0. The van der Waals surface area contributed by atoms with Crippen molar-refractivity contribution in [2.24, 2.45) is 0 Å². The van der Waals surface area contributed by atoms with Gasteiger partial charge in [0.1, 0.15) is 17.3 Å². The van der Waals surface area contributed by atoms with E-state index in [0.29, 0.717) is 11.1 Å². The maximum Gasteiger partial charge on any atom is 0.363 e. The second-order valence-electron chi connectivity index (χ2n) is 8.14. The predicted molar refractivity (Wildman–Crippen MR) is 126 cm³/mol. The molecule has 2 aromatic carbocycles. The minimum absolute atomic E-state index is 0.0634. The van der Waals surface area contributed by atoms with Gasteiger partial charge in [0.05, 0.1) is 17.2 Å². The second-order valence-corrected chi connectivity index (χ2v) is 8.14. The van der Waals surface area contributed by atoms with Crippen molar-refractivity contribution in [2.45, 2.75) is 12.1 Å². The van der Waals surface area contributed by atoms with Crippen molar-refractivity contribution in [1.82, 2.24) is 9.55 Å². The van der Waals surface area contributed by atoms with Gasteiger partial charge in [-0.2, -0.15) is 0 Å². The standard InChI is InChI=1S/C27H16N2O6/c30-24(15-8-2-1-3-9-15)17-14-16(22-26(32)34-20-12-6-4-10-18(20)28-22)25(31)29-19-11-5-7-13-21(19)35-27(33)23(17)29/h1-14,19,21H. The summed E-state index contributed by atoms with van der Waals surface area (Å²) in [7, 11) is 0. The number of pyridine rings is 1. The smallest absolute Gasteiger partial charge is 0.363 e. The molecule has 6 rings (SSSR count). The Morgan fingerprint density at radius 2 is 1.66 bits per heavy atom. The van der Waals surface area contributed by atoms with Crippen LogP contribution in [0.2, 0.25) is 0 Å². The Hall–Kier alpha value is -4.85. The highest BCUT2D eigenvalue weighted by molar-refractivity contribution is 6.14. The van der Waals surface area contributed by atoms with Gasteiger partial charge in [-0.3, -0.25) is 14.2 Å². The Balaban J connectivity index is 1.68. The Labute approximate surface area is 197 Å². The average Bonchev–Trinajstić information content (AvgIpc) is 2.88. The van der Waals surface area contributed by atoms with Gasteiger partial charge in [-0.05, 0) is 24.3 Å². The summed E-state index contributed by atoms with van der Waals surface area (Å²) in [5.41, 5.74) is -1.12. The SMILES string of the molecule is O=C(c1ccccc1)c1cc(-c2nc3ccccc3oc2=O)c(=O)n2c1C(=O)OC1C=CC=CC12. The summed E-state index contributed by atoms with van der Waals surface area (Å²) in [4.78, 5) is 57.6. The number of ether oxygens (including phenoxy) is 1. The highest BCUT2D eigenvalue weighted by atomic mass is 16.5. The van der Waals surface area contributed by atoms with Crippen molar-refractivity contribution in [3.8, 4) is 11.3 Å². The third-order valence-electron chi connectivity index (χ3n) is 6.05. The predicted octanol–water partition coefficient (Wildman–Crippen LogP) is 3.45. The lowest BCUT2D eigenvalue weighted by atomic mass is 9.95. The van der Waals surface area contributed by atoms with E-state index in [0.717, 1.165) is 0 Å². The zero-order chi connectivity index (χ0) is 24.1. The van der Waals surface area contributed by atoms with Crippen LogP contribution in [0.1, 0.15) is 32.5 Å². The molecule has 0 spiro atoms. The van der Waals surface area contributed by atoms with E-state index in [4.69, 9.17) is 9.15 Å². The number of fused-ring (bicyclic) bond motifs is 4. The molecule has 8 heteroatoms. The van der Waals surface area contributed by atoms with E-state index >= 15 is 0 Å². The van der Waals surface area contributed by atoms with Crippen molar-refractivity contribution < 1.29 is 18.7 Å². The monoisotopic (exact) mass is 464 g/mol. The lowest BCUT2D eigenvalue weighted by Gasteiger charge is -2.33. The molecule has 35 heavy (non-hydrogen) atoms. The maximum absolute atomic E-state index is 13.8. The number of aromatic nitrogens is 2. The van der Waals surface area contributed by atoms with Crippen molar-refractivity contribution in [1.29, 1.82) is 0 Å². The zero-order valence-corrected chi connectivity index (χ0v) is 18.1. The molecular formula is C27H16N2O6. The van der Waals surface area contributed by atoms with Crippen molar-refractivity contribution in [2.75, 3.05) is 0 Å². The molecule has 170 valence electrons. The van der Waals surface area contributed by atoms with Crippen LogP contribution in [0.4, 0.5) is 0 Å². The molecule has 2 aliphatic rings. The Morgan fingerprint density at radius 1 is 0.914 bits per heavy atom. The number of para-hydroxylation sites is 2. The molecule has 8 nitrogen and oxygen atoms in total. The lowest BCUT2D eigenvalue weighted by molar-refractivity contribution is 0.0211. The van der Waals surface area contributed by atoms with Crippen LogP contribution in [0, 0.1) is 0 Å². The molecule has 3 heterocycles. The number of ketones is 1. The van der Waals surface area contributed by atoms with Gasteiger partial charge < -0.3 is 9.15 Å². The molecule has 0 saturated carbocycles. The molecule has 0 amide bonds. The summed E-state index contributed by atoms with van der Waals surface area (Å²) < 4.78 is 12.2. The number of carbonyl (C=O) groups is 2. The molecule has 0 fully saturated rings. The quantitative estimate of drug-likeness (QED) is 0.337. The first kappa shape index (κ1) is 20.7. The van der Waals surface area contributed by atoms with Crippen LogP contribution in [0.15, 0.2) is 99.0 Å². The summed E-state index contributed by atoms with van der Waals surface area (Å²) in [6.07, 6.45) is 6.08. The van der Waals surface area contributed by atoms with Gasteiger partial charge in [-0.25, -0.2) is 14.6 Å². The topological polar surface area (TPSA) is 108 Å². The van der Waals surface area contributed by atoms with Crippen LogP contribution in [-0.2, 0) is 4.74 Å². The number of nitrogens with zero attached hydrogens (tertiary/aromatic N) is 2. The molecule has 0 N–H and O–H groups in total. The van der Waals surface area contributed by atoms with Crippen molar-refractivity contribution in [3.63, 3.8) is 0 Å². The first-order chi connectivity index (χ1) is 17.0. The van der Waals surface area contributed by atoms with Crippen LogP contribution in [-0.4, -0.2) is 27.4 Å². The first-order valence-corrected chi connectivity index (χ1v) is 10.9. The largest absolute Gasteiger partial charge is 0.451 e. The van der Waals surface area contributed by atoms with E-state index in [-0.39, 0.29) is 28.1 Å². The third-order valence-corrected chi connectivity index (χ3v) is 6.05. The summed E-state index contributed by atoms with van der Waals surface area (Å²) in [6.45, 7) is 0. The van der Waals surface area contributed by atoms with Crippen molar-refractivity contribution >= 4 is 22.9 Å². The molecule has 0 bridgehead atoms. The third kappa shape index (κ3) is 3.26. The van der Waals surface area contributed by atoms with Crippen LogP contribution < -0.4 is 11.2 Å². The van der Waals surface area contributed by atoms with Crippen molar-refractivity contribution in [3.05, 3.63) is 123 Å². The molecule has 4 aromatic rings. The van der Waals surface area contributed by atoms with Gasteiger partial charge in [0.25, 0.3) is 5.56 Å². The first-order valence-electron chi connectivity index (χ1n) is 10.9. The van der Waals surface area contributed by atoms with E-state index in [1.165, 1.54) is 10.6 Å². The molecule has 0 radical (unpaired) electrons.